The van der Waals surface area contributed by atoms with E-state index in [2.05, 4.69) is 127 Å². The highest BCUT2D eigenvalue weighted by Crippen LogP contribution is 2.65. The number of hydrogen-bond donors (Lipinski definition) is 0. The number of ether oxygens (including phenoxy) is 1. The summed E-state index contributed by atoms with van der Waals surface area (Å²) in [5.74, 6) is 1.04. The Morgan fingerprint density at radius 3 is 2.22 bits per heavy atom. The molecule has 0 bridgehead atoms. The lowest BCUT2D eigenvalue weighted by Crippen LogP contribution is -2.56. The van der Waals surface area contributed by atoms with Crippen LogP contribution >= 0.6 is 11.8 Å². The van der Waals surface area contributed by atoms with Gasteiger partial charge in [0.05, 0.1) is 6.61 Å². The molecule has 0 aromatic heterocycles. The molecule has 4 aromatic rings. The van der Waals surface area contributed by atoms with Gasteiger partial charge in [-0.05, 0) is 96.7 Å². The molecule has 0 spiro atoms. The van der Waals surface area contributed by atoms with Gasteiger partial charge in [-0.15, -0.1) is 11.8 Å². The molecule has 5 heteroatoms. The van der Waals surface area contributed by atoms with Gasteiger partial charge >= 0.3 is 0 Å². The first-order valence-corrected chi connectivity index (χ1v) is 15.9. The van der Waals surface area contributed by atoms with Crippen molar-refractivity contribution in [2.24, 2.45) is 0 Å². The number of nitrogens with zero attached hydrogens (tertiary/aromatic N) is 2. The molecule has 1 aliphatic carbocycles. The lowest BCUT2D eigenvalue weighted by Gasteiger charge is -2.43. The molecule has 2 unspecified atom stereocenters. The van der Waals surface area contributed by atoms with Crippen LogP contribution in [0.25, 0.3) is 0 Å². The van der Waals surface area contributed by atoms with Crippen LogP contribution in [0.1, 0.15) is 50.7 Å². The van der Waals surface area contributed by atoms with Crippen molar-refractivity contribution in [3.05, 3.63) is 107 Å². The first-order valence-electron chi connectivity index (χ1n) is 15.1. The summed E-state index contributed by atoms with van der Waals surface area (Å²) in [4.78, 5) is 6.41. The highest BCUT2D eigenvalue weighted by Gasteiger charge is 2.57. The van der Waals surface area contributed by atoms with Crippen LogP contribution < -0.4 is 20.7 Å². The zero-order chi connectivity index (χ0) is 27.5. The number of rotatable bonds is 2. The van der Waals surface area contributed by atoms with Crippen molar-refractivity contribution in [3.63, 3.8) is 0 Å². The highest BCUT2D eigenvalue weighted by atomic mass is 32.2. The van der Waals surface area contributed by atoms with Gasteiger partial charge in [-0.3, -0.25) is 4.90 Å². The van der Waals surface area contributed by atoms with E-state index < -0.39 is 0 Å². The molecule has 1 fully saturated rings. The van der Waals surface area contributed by atoms with E-state index in [1.165, 1.54) is 68.9 Å². The number of para-hydroxylation sites is 2. The molecular weight excluding hydrogens is 519 g/mol. The first-order chi connectivity index (χ1) is 20.0. The van der Waals surface area contributed by atoms with Crippen LogP contribution in [0.15, 0.2) is 101 Å². The molecule has 4 heterocycles. The van der Waals surface area contributed by atoms with E-state index in [1.807, 2.05) is 0 Å². The van der Waals surface area contributed by atoms with Crippen molar-refractivity contribution in [2.75, 3.05) is 16.4 Å². The van der Waals surface area contributed by atoms with Crippen molar-refractivity contribution in [1.29, 1.82) is 0 Å². The number of aryl methyl sites for hydroxylation is 1. The third-order valence-corrected chi connectivity index (χ3v) is 12.3. The third kappa shape index (κ3) is 3.08. The Morgan fingerprint density at radius 1 is 0.805 bits per heavy atom. The normalized spacial score (nSPS) is 25.0. The Balaban J connectivity index is 1.37. The van der Waals surface area contributed by atoms with Crippen LogP contribution in [0.5, 0.6) is 0 Å². The minimum absolute atomic E-state index is 0.195. The van der Waals surface area contributed by atoms with Gasteiger partial charge in [0, 0.05) is 49.9 Å². The van der Waals surface area contributed by atoms with Gasteiger partial charge in [0.1, 0.15) is 0 Å². The molecule has 0 saturated heterocycles. The molecule has 9 rings (SSSR count). The number of hydrogen-bond acceptors (Lipinski definition) is 4. The first kappa shape index (κ1) is 24.1. The zero-order valence-corrected chi connectivity index (χ0v) is 24.7. The van der Waals surface area contributed by atoms with E-state index in [9.17, 15) is 0 Å². The predicted octanol–water partition coefficient (Wildman–Crippen LogP) is 8.02. The zero-order valence-electron chi connectivity index (χ0n) is 23.9. The molecule has 41 heavy (non-hydrogen) atoms. The Bertz CT molecular complexity index is 1790. The van der Waals surface area contributed by atoms with Gasteiger partial charge in [0.2, 0.25) is 0 Å². The number of thioether (sulfide) groups is 1. The van der Waals surface area contributed by atoms with Gasteiger partial charge in [-0.1, -0.05) is 55.8 Å². The Morgan fingerprint density at radius 2 is 1.49 bits per heavy atom. The van der Waals surface area contributed by atoms with Crippen molar-refractivity contribution in [2.45, 2.75) is 61.5 Å². The summed E-state index contributed by atoms with van der Waals surface area (Å²) >= 11 is 2.13. The molecule has 2 atom stereocenters. The van der Waals surface area contributed by atoms with E-state index in [1.54, 1.807) is 5.56 Å². The molecule has 3 nitrogen and oxygen atoms in total. The van der Waals surface area contributed by atoms with Gasteiger partial charge in [0.15, 0.2) is 5.88 Å². The van der Waals surface area contributed by atoms with E-state index in [0.717, 1.165) is 24.6 Å². The number of benzene rings is 4. The molecule has 202 valence electrons. The summed E-state index contributed by atoms with van der Waals surface area (Å²) in [6.07, 6.45) is 4.84. The maximum Gasteiger partial charge on any atom is 0.251 e. The molecule has 4 aliphatic heterocycles. The molecule has 5 aliphatic rings. The molecule has 0 radical (unpaired) electrons. The van der Waals surface area contributed by atoms with Crippen LogP contribution in [0, 0.1) is 6.92 Å². The van der Waals surface area contributed by atoms with Gasteiger partial charge < -0.3 is 9.64 Å². The van der Waals surface area contributed by atoms with Gasteiger partial charge in [-0.25, -0.2) is 0 Å². The fraction of sp³-hybridized carbons (Fsp3) is 0.278. The Kier molecular flexibility index (Phi) is 4.85. The maximum atomic E-state index is 6.53. The summed E-state index contributed by atoms with van der Waals surface area (Å²) in [5.41, 5.74) is 13.6. The number of fused-ring (bicyclic) bond motifs is 6. The molecule has 1 saturated carbocycles. The summed E-state index contributed by atoms with van der Waals surface area (Å²) < 4.78 is 6.80. The SMILES string of the molecule is Cc1cc2c3c(c1)N(c1ccccc1)c1cc4c(cc1B3C1=C(OCC1)N2c1ccccc1)C1(C)CCCC1(C)S4. The lowest BCUT2D eigenvalue weighted by molar-refractivity contribution is 0.241. The monoisotopic (exact) mass is 552 g/mol. The molecule has 4 aromatic carbocycles. The molecule has 0 N–H and O–H groups in total. The molecular formula is C36H33BN2OS. The largest absolute Gasteiger partial charge is 0.479 e. The fourth-order valence-corrected chi connectivity index (χ4v) is 10.2. The minimum Gasteiger partial charge on any atom is -0.479 e. The van der Waals surface area contributed by atoms with Crippen molar-refractivity contribution in [1.82, 2.24) is 0 Å². The van der Waals surface area contributed by atoms with Crippen molar-refractivity contribution < 1.29 is 4.74 Å². The van der Waals surface area contributed by atoms with E-state index in [-0.39, 0.29) is 16.9 Å². The predicted molar refractivity (Wildman–Crippen MR) is 173 cm³/mol. The van der Waals surface area contributed by atoms with Crippen molar-refractivity contribution >= 4 is 57.8 Å². The fourth-order valence-electron chi connectivity index (χ4n) is 8.48. The Hall–Kier alpha value is -3.57. The van der Waals surface area contributed by atoms with Crippen LogP contribution in [-0.2, 0) is 10.2 Å². The van der Waals surface area contributed by atoms with E-state index in [4.69, 9.17) is 4.74 Å². The Labute approximate surface area is 247 Å². The standard InChI is InChI=1S/C36H33BN2OS/c1-23-19-30-33-31(20-23)39(25-13-8-5-9-14-25)34-27(15-18-40-34)37(33)28-21-26-32(41-36(3)17-10-16-35(26,36)2)22-29(28)38(30)24-11-6-4-7-12-24/h4-9,11-14,19-22H,10,15-18H2,1-3H3. The van der Waals surface area contributed by atoms with Crippen LogP contribution in [0.3, 0.4) is 0 Å². The summed E-state index contributed by atoms with van der Waals surface area (Å²) in [5, 5.41) is 0. The highest BCUT2D eigenvalue weighted by molar-refractivity contribution is 8.01. The van der Waals surface area contributed by atoms with Crippen LogP contribution in [0.4, 0.5) is 28.4 Å². The van der Waals surface area contributed by atoms with Crippen LogP contribution in [0.2, 0.25) is 0 Å². The number of anilines is 5. The van der Waals surface area contributed by atoms with E-state index >= 15 is 0 Å². The van der Waals surface area contributed by atoms with Crippen molar-refractivity contribution in [3.8, 4) is 0 Å². The summed E-state index contributed by atoms with van der Waals surface area (Å²) in [6, 6.07) is 31.7. The second-order valence-corrected chi connectivity index (χ2v) is 14.4. The van der Waals surface area contributed by atoms with Gasteiger partial charge in [-0.2, -0.15) is 0 Å². The smallest absolute Gasteiger partial charge is 0.251 e. The average Bonchev–Trinajstić information content (AvgIpc) is 3.63. The minimum atomic E-state index is 0.195. The molecule has 0 amide bonds. The second-order valence-electron chi connectivity index (χ2n) is 12.8. The lowest BCUT2D eigenvalue weighted by atomic mass is 9.33. The second kappa shape index (κ2) is 8.26. The average molecular weight is 553 g/mol. The maximum absolute atomic E-state index is 6.53. The summed E-state index contributed by atoms with van der Waals surface area (Å²) in [7, 11) is 0. The van der Waals surface area contributed by atoms with E-state index in [0.29, 0.717) is 0 Å². The van der Waals surface area contributed by atoms with Crippen LogP contribution in [-0.4, -0.2) is 18.1 Å². The topological polar surface area (TPSA) is 15.7 Å². The summed E-state index contributed by atoms with van der Waals surface area (Å²) in [6.45, 7) is 8.21. The third-order valence-electron chi connectivity index (χ3n) is 10.6. The quantitative estimate of drug-likeness (QED) is 0.234. The van der Waals surface area contributed by atoms with Gasteiger partial charge in [0.25, 0.3) is 6.71 Å².